The second-order valence-electron chi connectivity index (χ2n) is 3.58. The summed E-state index contributed by atoms with van der Waals surface area (Å²) in [5.74, 6) is 5.26. The fourth-order valence-corrected chi connectivity index (χ4v) is 2.17. The molecule has 0 saturated carbocycles. The number of benzene rings is 1. The van der Waals surface area contributed by atoms with Gasteiger partial charge in [0, 0.05) is 9.50 Å². The Morgan fingerprint density at radius 3 is 2.80 bits per heavy atom. The largest absolute Gasteiger partial charge is 0.333 e. The molecular weight excluding hydrogens is 352 g/mol. The minimum Gasteiger partial charge on any atom is -0.333 e. The van der Waals surface area contributed by atoms with Gasteiger partial charge in [-0.3, -0.25) is 15.5 Å². The van der Waals surface area contributed by atoms with Crippen LogP contribution in [0.4, 0.5) is 23.1 Å². The van der Waals surface area contributed by atoms with E-state index in [4.69, 9.17) is 17.4 Å². The van der Waals surface area contributed by atoms with Gasteiger partial charge in [0.25, 0.3) is 0 Å². The van der Waals surface area contributed by atoms with Crippen molar-refractivity contribution >= 4 is 50.7 Å². The van der Waals surface area contributed by atoms with Crippen LogP contribution in [0.1, 0.15) is 0 Å². The number of rotatable bonds is 4. The number of halogens is 2. The van der Waals surface area contributed by atoms with Gasteiger partial charge in [0.15, 0.2) is 0 Å². The minimum absolute atomic E-state index is 0.0148. The molecule has 0 aliphatic carbocycles. The molecule has 4 N–H and O–H groups in total. The lowest BCUT2D eigenvalue weighted by atomic mass is 10.3. The zero-order chi connectivity index (χ0) is 14.7. The zero-order valence-corrected chi connectivity index (χ0v) is 12.1. The zero-order valence-electron chi connectivity index (χ0n) is 9.80. The first kappa shape index (κ1) is 14.4. The molecule has 1 aromatic heterocycles. The second kappa shape index (κ2) is 5.99. The number of hydrogen-bond acceptors (Lipinski definition) is 7. The topological polar surface area (TPSA) is 119 Å². The van der Waals surface area contributed by atoms with E-state index in [1.807, 2.05) is 0 Å². The fourth-order valence-electron chi connectivity index (χ4n) is 1.39. The van der Waals surface area contributed by atoms with E-state index in [-0.39, 0.29) is 17.5 Å². The van der Waals surface area contributed by atoms with Crippen LogP contribution >= 0.6 is 27.5 Å². The van der Waals surface area contributed by atoms with Crippen LogP contribution in [0.15, 0.2) is 28.9 Å². The van der Waals surface area contributed by atoms with Gasteiger partial charge >= 0.3 is 5.69 Å². The van der Waals surface area contributed by atoms with Gasteiger partial charge in [0.2, 0.25) is 11.8 Å². The summed E-state index contributed by atoms with van der Waals surface area (Å²) in [6, 6.07) is 4.95. The molecule has 0 fully saturated rings. The summed E-state index contributed by atoms with van der Waals surface area (Å²) in [5, 5.41) is 14.3. The standard InChI is InChI=1S/C10H8BrClN6O2/c11-6-3-5(12)1-2-7(6)15-9-8(18(19)20)4-14-10(16-9)17-13/h1-4H,13H2,(H2,14,15,16,17). The number of hydrogen-bond donors (Lipinski definition) is 3. The lowest BCUT2D eigenvalue weighted by Gasteiger charge is -2.09. The smallest absolute Gasteiger partial charge is 0.329 e. The molecule has 0 unspecified atom stereocenters. The summed E-state index contributed by atoms with van der Waals surface area (Å²) in [4.78, 5) is 18.0. The molecule has 0 bridgehead atoms. The second-order valence-corrected chi connectivity index (χ2v) is 4.87. The number of nitrogens with one attached hydrogen (secondary N) is 2. The number of hydrazine groups is 1. The number of nitro groups is 1. The van der Waals surface area contributed by atoms with Crippen LogP contribution in [0.25, 0.3) is 0 Å². The summed E-state index contributed by atoms with van der Waals surface area (Å²) >= 11 is 9.13. The van der Waals surface area contributed by atoms with Crippen molar-refractivity contribution in [1.82, 2.24) is 9.97 Å². The summed E-state index contributed by atoms with van der Waals surface area (Å²) in [7, 11) is 0. The molecule has 104 valence electrons. The molecule has 1 aromatic carbocycles. The predicted octanol–water partition coefficient (Wildman–Crippen LogP) is 2.83. The van der Waals surface area contributed by atoms with Crippen LogP contribution in [0, 0.1) is 10.1 Å². The van der Waals surface area contributed by atoms with E-state index in [2.05, 4.69) is 36.6 Å². The van der Waals surface area contributed by atoms with Gasteiger partial charge in [-0.1, -0.05) is 11.6 Å². The number of nitrogens with zero attached hydrogens (tertiary/aromatic N) is 3. The molecule has 0 aliphatic rings. The monoisotopic (exact) mass is 358 g/mol. The Balaban J connectivity index is 2.43. The Hall–Kier alpha value is -1.97. The van der Waals surface area contributed by atoms with Gasteiger partial charge in [-0.05, 0) is 34.1 Å². The lowest BCUT2D eigenvalue weighted by molar-refractivity contribution is -0.384. The normalized spacial score (nSPS) is 10.2. The third-order valence-electron chi connectivity index (χ3n) is 2.28. The van der Waals surface area contributed by atoms with Gasteiger partial charge in [0.1, 0.15) is 6.20 Å². The van der Waals surface area contributed by atoms with Crippen molar-refractivity contribution in [2.45, 2.75) is 0 Å². The molecular formula is C10H8BrClN6O2. The highest BCUT2D eigenvalue weighted by molar-refractivity contribution is 9.10. The summed E-state index contributed by atoms with van der Waals surface area (Å²) in [6.07, 6.45) is 1.06. The Kier molecular flexibility index (Phi) is 4.32. The quantitative estimate of drug-likeness (QED) is 0.436. The van der Waals surface area contributed by atoms with Gasteiger partial charge in [-0.25, -0.2) is 10.8 Å². The maximum absolute atomic E-state index is 11.0. The number of nitrogen functional groups attached to an aromatic ring is 1. The van der Waals surface area contributed by atoms with Gasteiger partial charge in [0.05, 0.1) is 10.6 Å². The molecule has 0 radical (unpaired) electrons. The van der Waals surface area contributed by atoms with E-state index in [1.165, 1.54) is 0 Å². The Bertz CT molecular complexity index is 668. The molecule has 0 saturated heterocycles. The SMILES string of the molecule is NNc1ncc([N+](=O)[O-])c(Nc2ccc(Cl)cc2Br)n1. The summed E-state index contributed by atoms with van der Waals surface area (Å²) in [6.45, 7) is 0. The third kappa shape index (κ3) is 3.13. The van der Waals surface area contributed by atoms with Crippen molar-refractivity contribution < 1.29 is 4.92 Å². The molecule has 0 spiro atoms. The average Bonchev–Trinajstić information content (AvgIpc) is 2.41. The van der Waals surface area contributed by atoms with E-state index in [9.17, 15) is 10.1 Å². The highest BCUT2D eigenvalue weighted by Crippen LogP contribution is 2.31. The van der Waals surface area contributed by atoms with E-state index in [0.29, 0.717) is 15.2 Å². The summed E-state index contributed by atoms with van der Waals surface area (Å²) < 4.78 is 0.639. The first-order valence-electron chi connectivity index (χ1n) is 5.21. The molecule has 20 heavy (non-hydrogen) atoms. The van der Waals surface area contributed by atoms with Crippen LogP contribution in [-0.4, -0.2) is 14.9 Å². The van der Waals surface area contributed by atoms with E-state index in [1.54, 1.807) is 18.2 Å². The van der Waals surface area contributed by atoms with Crippen LogP contribution in [0.3, 0.4) is 0 Å². The van der Waals surface area contributed by atoms with Crippen LogP contribution in [0.2, 0.25) is 5.02 Å². The van der Waals surface area contributed by atoms with Crippen LogP contribution in [-0.2, 0) is 0 Å². The molecule has 2 aromatic rings. The molecule has 1 heterocycles. The summed E-state index contributed by atoms with van der Waals surface area (Å²) in [5.41, 5.74) is 2.52. The van der Waals surface area contributed by atoms with Gasteiger partial charge in [-0.2, -0.15) is 4.98 Å². The van der Waals surface area contributed by atoms with Crippen LogP contribution < -0.4 is 16.6 Å². The van der Waals surface area contributed by atoms with Crippen molar-refractivity contribution in [3.63, 3.8) is 0 Å². The minimum atomic E-state index is -0.591. The maximum atomic E-state index is 11.0. The van der Waals surface area contributed by atoms with Crippen molar-refractivity contribution in [3.05, 3.63) is 44.0 Å². The van der Waals surface area contributed by atoms with Crippen molar-refractivity contribution in [3.8, 4) is 0 Å². The Labute approximate surface area is 126 Å². The third-order valence-corrected chi connectivity index (χ3v) is 3.17. The number of aromatic nitrogens is 2. The van der Waals surface area contributed by atoms with Gasteiger partial charge < -0.3 is 5.32 Å². The maximum Gasteiger partial charge on any atom is 0.329 e. The number of anilines is 3. The first-order chi connectivity index (χ1) is 9.51. The molecule has 0 aliphatic heterocycles. The highest BCUT2D eigenvalue weighted by Gasteiger charge is 2.18. The fraction of sp³-hybridized carbons (Fsp3) is 0. The molecule has 8 nitrogen and oxygen atoms in total. The van der Waals surface area contributed by atoms with Crippen molar-refractivity contribution in [2.75, 3.05) is 10.7 Å². The number of nitrogens with two attached hydrogens (primary N) is 1. The Morgan fingerprint density at radius 2 is 2.20 bits per heavy atom. The van der Waals surface area contributed by atoms with Crippen molar-refractivity contribution in [1.29, 1.82) is 0 Å². The molecule has 0 atom stereocenters. The van der Waals surface area contributed by atoms with E-state index in [0.717, 1.165) is 6.20 Å². The average molecular weight is 360 g/mol. The molecule has 0 amide bonds. The Morgan fingerprint density at radius 1 is 1.45 bits per heavy atom. The van der Waals surface area contributed by atoms with E-state index < -0.39 is 4.92 Å². The van der Waals surface area contributed by atoms with Crippen LogP contribution in [0.5, 0.6) is 0 Å². The molecule has 2 rings (SSSR count). The van der Waals surface area contributed by atoms with Gasteiger partial charge in [-0.15, -0.1) is 0 Å². The highest BCUT2D eigenvalue weighted by atomic mass is 79.9. The molecule has 10 heteroatoms. The first-order valence-corrected chi connectivity index (χ1v) is 6.38. The van der Waals surface area contributed by atoms with Crippen molar-refractivity contribution in [2.24, 2.45) is 5.84 Å². The lowest BCUT2D eigenvalue weighted by Crippen LogP contribution is -2.12. The van der Waals surface area contributed by atoms with E-state index >= 15 is 0 Å². The predicted molar refractivity (Wildman–Crippen MR) is 78.9 cm³/mol.